The molecule has 0 atom stereocenters. The normalized spacial score (nSPS) is 10.6. The zero-order valence-corrected chi connectivity index (χ0v) is 5.93. The van der Waals surface area contributed by atoms with Gasteiger partial charge in [0.15, 0.2) is 5.65 Å². The Morgan fingerprint density at radius 2 is 2.27 bits per heavy atom. The minimum atomic E-state index is -0.0944. The van der Waals surface area contributed by atoms with E-state index in [1.54, 1.807) is 13.1 Å². The summed E-state index contributed by atoms with van der Waals surface area (Å²) in [6.07, 6.45) is 1.41. The quantitative estimate of drug-likeness (QED) is 0.505. The first-order chi connectivity index (χ1) is 5.29. The fourth-order valence-electron chi connectivity index (χ4n) is 0.933. The van der Waals surface area contributed by atoms with E-state index in [0.29, 0.717) is 5.65 Å². The number of aromatic nitrogens is 4. The van der Waals surface area contributed by atoms with Crippen molar-refractivity contribution in [2.75, 3.05) is 0 Å². The average molecular weight is 150 g/mol. The van der Waals surface area contributed by atoms with Crippen molar-refractivity contribution in [1.29, 1.82) is 0 Å². The van der Waals surface area contributed by atoms with Crippen LogP contribution in [-0.2, 0) is 7.05 Å². The van der Waals surface area contributed by atoms with Crippen molar-refractivity contribution < 1.29 is 0 Å². The van der Waals surface area contributed by atoms with Crippen molar-refractivity contribution in [2.24, 2.45) is 7.05 Å². The fourth-order valence-corrected chi connectivity index (χ4v) is 0.933. The Balaban J connectivity index is 3.04. The summed E-state index contributed by atoms with van der Waals surface area (Å²) in [5.74, 6) is 0. The third-order valence-electron chi connectivity index (χ3n) is 1.53. The Morgan fingerprint density at radius 1 is 1.45 bits per heavy atom. The highest BCUT2D eigenvalue weighted by atomic mass is 16.1. The molecule has 0 aliphatic carbocycles. The molecule has 11 heavy (non-hydrogen) atoms. The smallest absolute Gasteiger partial charge is 0.266 e. The lowest BCUT2D eigenvalue weighted by molar-refractivity contribution is 0.597. The summed E-state index contributed by atoms with van der Waals surface area (Å²) >= 11 is 0. The predicted octanol–water partition coefficient (Wildman–Crippen LogP) is -0.572. The molecule has 2 aromatic rings. The lowest BCUT2D eigenvalue weighted by Gasteiger charge is -1.97. The maximum Gasteiger partial charge on any atom is 0.266 e. The molecule has 0 saturated heterocycles. The van der Waals surface area contributed by atoms with Gasteiger partial charge in [-0.05, 0) is 6.07 Å². The van der Waals surface area contributed by atoms with E-state index in [4.69, 9.17) is 0 Å². The number of aryl methyl sites for hydroxylation is 1. The number of hydrogen-bond donors (Lipinski definition) is 0. The van der Waals surface area contributed by atoms with Gasteiger partial charge in [0.05, 0.1) is 0 Å². The standard InChI is InChI=1S/C6H6N4O/c1-9-6(11)3-2-5-7-4-8-10(5)9/h2-4H,1H3. The molecule has 2 rings (SSSR count). The van der Waals surface area contributed by atoms with Crippen LogP contribution in [0, 0.1) is 0 Å². The molecule has 5 heteroatoms. The van der Waals surface area contributed by atoms with Gasteiger partial charge in [-0.15, -0.1) is 9.73 Å². The molecule has 5 nitrogen and oxygen atoms in total. The molecule has 0 bridgehead atoms. The van der Waals surface area contributed by atoms with E-state index >= 15 is 0 Å². The number of nitrogens with zero attached hydrogens (tertiary/aromatic N) is 4. The Kier molecular flexibility index (Phi) is 1.06. The Labute approximate surface area is 61.9 Å². The second-order valence-electron chi connectivity index (χ2n) is 2.20. The van der Waals surface area contributed by atoms with Gasteiger partial charge in [-0.2, -0.15) is 0 Å². The second kappa shape index (κ2) is 1.91. The molecule has 0 aliphatic rings. The van der Waals surface area contributed by atoms with Crippen LogP contribution in [0.4, 0.5) is 0 Å². The van der Waals surface area contributed by atoms with Gasteiger partial charge in [0.2, 0.25) is 0 Å². The van der Waals surface area contributed by atoms with Crippen LogP contribution in [-0.4, -0.2) is 19.4 Å². The number of hydrogen-bond acceptors (Lipinski definition) is 3. The van der Waals surface area contributed by atoms with Crippen molar-refractivity contribution in [1.82, 2.24) is 19.4 Å². The highest BCUT2D eigenvalue weighted by Gasteiger charge is 1.97. The lowest BCUT2D eigenvalue weighted by atomic mass is 10.5. The highest BCUT2D eigenvalue weighted by Crippen LogP contribution is 1.89. The summed E-state index contributed by atoms with van der Waals surface area (Å²) in [6, 6.07) is 3.10. The summed E-state index contributed by atoms with van der Waals surface area (Å²) in [5, 5.41) is 3.85. The minimum absolute atomic E-state index is 0.0944. The van der Waals surface area contributed by atoms with E-state index in [1.807, 2.05) is 0 Å². The summed E-state index contributed by atoms with van der Waals surface area (Å²) < 4.78 is 2.84. The Hall–Kier alpha value is -1.65. The molecule has 0 N–H and O–H groups in total. The zero-order chi connectivity index (χ0) is 7.84. The fraction of sp³-hybridized carbons (Fsp3) is 0.167. The molecule has 2 aromatic heterocycles. The van der Waals surface area contributed by atoms with E-state index in [1.165, 1.54) is 21.7 Å². The van der Waals surface area contributed by atoms with Crippen LogP contribution in [0.2, 0.25) is 0 Å². The van der Waals surface area contributed by atoms with Gasteiger partial charge in [0.1, 0.15) is 6.33 Å². The highest BCUT2D eigenvalue weighted by molar-refractivity contribution is 5.32. The van der Waals surface area contributed by atoms with E-state index in [-0.39, 0.29) is 5.56 Å². The Bertz CT molecular complexity index is 441. The van der Waals surface area contributed by atoms with E-state index in [0.717, 1.165) is 0 Å². The van der Waals surface area contributed by atoms with E-state index in [2.05, 4.69) is 10.1 Å². The molecule has 0 fully saturated rings. The summed E-state index contributed by atoms with van der Waals surface area (Å²) in [7, 11) is 1.64. The van der Waals surface area contributed by atoms with Crippen molar-refractivity contribution >= 4 is 5.65 Å². The van der Waals surface area contributed by atoms with Gasteiger partial charge in [-0.1, -0.05) is 0 Å². The summed E-state index contributed by atoms with van der Waals surface area (Å²) in [6.45, 7) is 0. The molecular weight excluding hydrogens is 144 g/mol. The van der Waals surface area contributed by atoms with Gasteiger partial charge >= 0.3 is 0 Å². The molecule has 0 aliphatic heterocycles. The van der Waals surface area contributed by atoms with Crippen LogP contribution in [0.25, 0.3) is 5.65 Å². The van der Waals surface area contributed by atoms with Gasteiger partial charge < -0.3 is 0 Å². The maximum atomic E-state index is 11.0. The van der Waals surface area contributed by atoms with Gasteiger partial charge in [0.25, 0.3) is 5.56 Å². The monoisotopic (exact) mass is 150 g/mol. The molecule has 0 aromatic carbocycles. The first-order valence-electron chi connectivity index (χ1n) is 3.15. The van der Waals surface area contributed by atoms with Gasteiger partial charge in [-0.25, -0.2) is 9.67 Å². The van der Waals surface area contributed by atoms with Crippen LogP contribution >= 0.6 is 0 Å². The topological polar surface area (TPSA) is 52.2 Å². The molecule has 0 amide bonds. The molecule has 0 saturated carbocycles. The van der Waals surface area contributed by atoms with Gasteiger partial charge in [-0.3, -0.25) is 4.79 Å². The van der Waals surface area contributed by atoms with Crippen LogP contribution in [0.1, 0.15) is 0 Å². The van der Waals surface area contributed by atoms with Crippen LogP contribution < -0.4 is 5.56 Å². The van der Waals surface area contributed by atoms with E-state index in [9.17, 15) is 4.79 Å². The predicted molar refractivity (Wildman–Crippen MR) is 38.2 cm³/mol. The van der Waals surface area contributed by atoms with Crippen molar-refractivity contribution in [2.45, 2.75) is 0 Å². The second-order valence-corrected chi connectivity index (χ2v) is 2.20. The average Bonchev–Trinajstić information content (AvgIpc) is 2.45. The molecule has 0 spiro atoms. The summed E-state index contributed by atoms with van der Waals surface area (Å²) in [5.41, 5.74) is 0.579. The lowest BCUT2D eigenvalue weighted by Crippen LogP contribution is -2.22. The first-order valence-corrected chi connectivity index (χ1v) is 3.15. The molecule has 0 radical (unpaired) electrons. The first kappa shape index (κ1) is 6.09. The Morgan fingerprint density at radius 3 is 3.09 bits per heavy atom. The molecule has 2 heterocycles. The third kappa shape index (κ3) is 0.739. The van der Waals surface area contributed by atoms with Crippen molar-refractivity contribution in [3.8, 4) is 0 Å². The van der Waals surface area contributed by atoms with Crippen LogP contribution in [0.15, 0.2) is 23.3 Å². The molecule has 0 unspecified atom stereocenters. The third-order valence-corrected chi connectivity index (χ3v) is 1.53. The zero-order valence-electron chi connectivity index (χ0n) is 5.93. The van der Waals surface area contributed by atoms with E-state index < -0.39 is 0 Å². The molecule has 56 valence electrons. The van der Waals surface area contributed by atoms with Crippen LogP contribution in [0.3, 0.4) is 0 Å². The van der Waals surface area contributed by atoms with Crippen LogP contribution in [0.5, 0.6) is 0 Å². The van der Waals surface area contributed by atoms with Crippen molar-refractivity contribution in [3.63, 3.8) is 0 Å². The SMILES string of the molecule is Cn1c(=O)ccc2ncnn21. The van der Waals surface area contributed by atoms with Crippen molar-refractivity contribution in [3.05, 3.63) is 28.8 Å². The number of fused-ring (bicyclic) bond motifs is 1. The largest absolute Gasteiger partial charge is 0.268 e. The maximum absolute atomic E-state index is 11.0. The number of rotatable bonds is 0. The molecular formula is C6H6N4O. The summed E-state index contributed by atoms with van der Waals surface area (Å²) in [4.78, 5) is 14.9. The minimum Gasteiger partial charge on any atom is -0.268 e. The van der Waals surface area contributed by atoms with Gasteiger partial charge in [0, 0.05) is 13.1 Å².